The predicted octanol–water partition coefficient (Wildman–Crippen LogP) is 0.215. The Morgan fingerprint density at radius 1 is 1.67 bits per heavy atom. The molecule has 0 saturated carbocycles. The van der Waals surface area contributed by atoms with E-state index in [0.717, 1.165) is 0 Å². The van der Waals surface area contributed by atoms with Crippen molar-refractivity contribution in [2.75, 3.05) is 0 Å². The van der Waals surface area contributed by atoms with Gasteiger partial charge in [0.2, 0.25) is 0 Å². The molecule has 6 heteroatoms. The Labute approximate surface area is 93.7 Å². The van der Waals surface area contributed by atoms with E-state index in [1.165, 1.54) is 6.20 Å². The lowest BCUT2D eigenvalue weighted by molar-refractivity contribution is 0.0924. The summed E-state index contributed by atoms with van der Waals surface area (Å²) in [5.74, 6) is -0.243. The topological polar surface area (TPSA) is 72.9 Å². The maximum absolute atomic E-state index is 11.8. The maximum Gasteiger partial charge on any atom is 0.270 e. The Morgan fingerprint density at radius 3 is 2.67 bits per heavy atom. The Balaban J connectivity index is 2.81. The number of rotatable bonds is 3. The van der Waals surface area contributed by atoms with Gasteiger partial charge in [-0.2, -0.15) is 0 Å². The molecule has 0 aromatic carbocycles. The number of hydrogen-bond acceptors (Lipinski definition) is 3. The van der Waals surface area contributed by atoms with Gasteiger partial charge in [-0.3, -0.25) is 4.79 Å². The van der Waals surface area contributed by atoms with E-state index in [9.17, 15) is 4.79 Å². The number of thiocarbonyl (C=S) groups is 1. The molecule has 0 saturated heterocycles. The number of aryl methyl sites for hydroxylation is 1. The van der Waals surface area contributed by atoms with Crippen molar-refractivity contribution in [3.8, 4) is 0 Å². The Morgan fingerprint density at radius 2 is 2.27 bits per heavy atom. The molecule has 0 aliphatic rings. The number of imidazole rings is 1. The van der Waals surface area contributed by atoms with E-state index in [1.807, 2.05) is 0 Å². The van der Waals surface area contributed by atoms with Crippen molar-refractivity contribution < 1.29 is 4.79 Å². The van der Waals surface area contributed by atoms with Crippen LogP contribution in [0.15, 0.2) is 12.5 Å². The van der Waals surface area contributed by atoms with E-state index in [-0.39, 0.29) is 10.9 Å². The second-order valence-electron chi connectivity index (χ2n) is 3.83. The molecule has 82 valence electrons. The number of carbonyl (C=O) groups is 1. The Kier molecular flexibility index (Phi) is 3.09. The zero-order valence-corrected chi connectivity index (χ0v) is 9.76. The molecule has 0 aliphatic carbocycles. The molecule has 5 nitrogen and oxygen atoms in total. The molecule has 1 amide bonds. The molecule has 0 spiro atoms. The molecule has 0 aliphatic heterocycles. The van der Waals surface area contributed by atoms with Crippen molar-refractivity contribution in [1.29, 1.82) is 0 Å². The molecule has 0 bridgehead atoms. The summed E-state index contributed by atoms with van der Waals surface area (Å²) in [7, 11) is 1.75. The van der Waals surface area contributed by atoms with E-state index < -0.39 is 5.54 Å². The molecule has 0 unspecified atom stereocenters. The third-order valence-electron chi connectivity index (χ3n) is 2.09. The van der Waals surface area contributed by atoms with Gasteiger partial charge < -0.3 is 15.6 Å². The first-order chi connectivity index (χ1) is 6.84. The molecule has 0 radical (unpaired) electrons. The number of aromatic nitrogens is 2. The lowest BCUT2D eigenvalue weighted by Gasteiger charge is -2.24. The van der Waals surface area contributed by atoms with Crippen molar-refractivity contribution in [2.45, 2.75) is 19.4 Å². The van der Waals surface area contributed by atoms with E-state index in [2.05, 4.69) is 10.3 Å². The smallest absolute Gasteiger partial charge is 0.270 e. The number of nitrogens with one attached hydrogen (secondary N) is 1. The summed E-state index contributed by atoms with van der Waals surface area (Å²) in [5.41, 5.74) is 5.28. The first-order valence-corrected chi connectivity index (χ1v) is 4.84. The molecule has 15 heavy (non-hydrogen) atoms. The van der Waals surface area contributed by atoms with Crippen molar-refractivity contribution in [3.05, 3.63) is 18.2 Å². The summed E-state index contributed by atoms with van der Waals surface area (Å²) in [6.45, 7) is 3.51. The minimum atomic E-state index is -0.698. The van der Waals surface area contributed by atoms with Crippen LogP contribution in [-0.2, 0) is 7.05 Å². The largest absolute Gasteiger partial charge is 0.391 e. The van der Waals surface area contributed by atoms with Gasteiger partial charge in [0.1, 0.15) is 5.69 Å². The van der Waals surface area contributed by atoms with Crippen molar-refractivity contribution in [2.24, 2.45) is 12.8 Å². The van der Waals surface area contributed by atoms with Gasteiger partial charge in [-0.1, -0.05) is 12.2 Å². The molecular formula is C9H14N4OS. The molecule has 0 atom stereocenters. The summed E-state index contributed by atoms with van der Waals surface area (Å²) in [6, 6.07) is 0. The molecule has 1 aromatic heterocycles. The van der Waals surface area contributed by atoms with E-state index >= 15 is 0 Å². The van der Waals surface area contributed by atoms with Crippen LogP contribution >= 0.6 is 12.2 Å². The van der Waals surface area contributed by atoms with E-state index in [4.69, 9.17) is 18.0 Å². The highest BCUT2D eigenvalue weighted by atomic mass is 32.1. The lowest BCUT2D eigenvalue weighted by atomic mass is 10.1. The predicted molar refractivity (Wildman–Crippen MR) is 61.5 cm³/mol. The fourth-order valence-electron chi connectivity index (χ4n) is 0.985. The second-order valence-corrected chi connectivity index (χ2v) is 4.27. The van der Waals surface area contributed by atoms with Crippen LogP contribution in [0.1, 0.15) is 24.3 Å². The third-order valence-corrected chi connectivity index (χ3v) is 2.60. The van der Waals surface area contributed by atoms with Gasteiger partial charge in [0, 0.05) is 7.05 Å². The molecule has 1 heterocycles. The zero-order valence-electron chi connectivity index (χ0n) is 8.94. The van der Waals surface area contributed by atoms with Crippen LogP contribution in [0.25, 0.3) is 0 Å². The standard InChI is InChI=1S/C9H14N4OS/c1-9(2,8(10)15)12-7(14)6-4-11-5-13(6)3/h4-5H,1-3H3,(H2,10,15)(H,12,14). The van der Waals surface area contributed by atoms with Crippen molar-refractivity contribution >= 4 is 23.1 Å². The summed E-state index contributed by atoms with van der Waals surface area (Å²) < 4.78 is 1.63. The van der Waals surface area contributed by atoms with Crippen molar-refractivity contribution in [1.82, 2.24) is 14.9 Å². The Hall–Kier alpha value is -1.43. The zero-order chi connectivity index (χ0) is 11.6. The summed E-state index contributed by atoms with van der Waals surface area (Å²) in [4.78, 5) is 15.9. The van der Waals surface area contributed by atoms with Crippen LogP contribution in [-0.4, -0.2) is 26.0 Å². The van der Waals surface area contributed by atoms with Gasteiger partial charge in [-0.05, 0) is 13.8 Å². The van der Waals surface area contributed by atoms with Gasteiger partial charge in [0.05, 0.1) is 23.1 Å². The normalized spacial score (nSPS) is 11.1. The number of hydrogen-bond donors (Lipinski definition) is 2. The molecule has 1 rings (SSSR count). The van der Waals surface area contributed by atoms with Crippen molar-refractivity contribution in [3.63, 3.8) is 0 Å². The fraction of sp³-hybridized carbons (Fsp3) is 0.444. The van der Waals surface area contributed by atoms with E-state index in [1.54, 1.807) is 31.8 Å². The molecule has 0 fully saturated rings. The average molecular weight is 226 g/mol. The van der Waals surface area contributed by atoms with Crippen LogP contribution in [0, 0.1) is 0 Å². The first-order valence-electron chi connectivity index (χ1n) is 4.43. The van der Waals surface area contributed by atoms with Gasteiger partial charge >= 0.3 is 0 Å². The van der Waals surface area contributed by atoms with Gasteiger partial charge in [0.15, 0.2) is 0 Å². The van der Waals surface area contributed by atoms with Gasteiger partial charge in [-0.25, -0.2) is 4.98 Å². The molecule has 3 N–H and O–H groups in total. The number of amides is 1. The van der Waals surface area contributed by atoms with Gasteiger partial charge in [-0.15, -0.1) is 0 Å². The van der Waals surface area contributed by atoms with Crippen LogP contribution in [0.3, 0.4) is 0 Å². The lowest BCUT2D eigenvalue weighted by Crippen LogP contribution is -2.52. The summed E-state index contributed by atoms with van der Waals surface area (Å²) >= 11 is 4.85. The van der Waals surface area contributed by atoms with E-state index in [0.29, 0.717) is 5.69 Å². The quantitative estimate of drug-likeness (QED) is 0.723. The third kappa shape index (κ3) is 2.53. The van der Waals surface area contributed by atoms with Gasteiger partial charge in [0.25, 0.3) is 5.91 Å². The van der Waals surface area contributed by atoms with Crippen LogP contribution in [0.4, 0.5) is 0 Å². The highest BCUT2D eigenvalue weighted by Gasteiger charge is 2.25. The SMILES string of the molecule is Cn1cncc1C(=O)NC(C)(C)C(N)=S. The highest BCUT2D eigenvalue weighted by molar-refractivity contribution is 7.80. The minimum Gasteiger partial charge on any atom is -0.391 e. The number of nitrogens with zero attached hydrogens (tertiary/aromatic N) is 2. The molecule has 1 aromatic rings. The number of nitrogens with two attached hydrogens (primary N) is 1. The van der Waals surface area contributed by atoms with Crippen LogP contribution < -0.4 is 11.1 Å². The van der Waals surface area contributed by atoms with Crippen LogP contribution in [0.5, 0.6) is 0 Å². The number of carbonyl (C=O) groups excluding carboxylic acids is 1. The minimum absolute atomic E-state index is 0.243. The second kappa shape index (κ2) is 3.98. The maximum atomic E-state index is 11.8. The summed E-state index contributed by atoms with van der Waals surface area (Å²) in [6.07, 6.45) is 3.05. The highest BCUT2D eigenvalue weighted by Crippen LogP contribution is 2.05. The Bertz CT molecular complexity index is 397. The summed E-state index contributed by atoms with van der Waals surface area (Å²) in [5, 5.41) is 2.73. The first kappa shape index (κ1) is 11.6. The average Bonchev–Trinajstić information content (AvgIpc) is 2.50. The van der Waals surface area contributed by atoms with Crippen LogP contribution in [0.2, 0.25) is 0 Å². The molecular weight excluding hydrogens is 212 g/mol. The fourth-order valence-corrected chi connectivity index (χ4v) is 1.04. The monoisotopic (exact) mass is 226 g/mol.